The molecule has 0 saturated carbocycles. The van der Waals surface area contributed by atoms with Gasteiger partial charge in [-0.2, -0.15) is 4.98 Å². The smallest absolute Gasteiger partial charge is 0.328 e. The Morgan fingerprint density at radius 3 is 2.33 bits per heavy atom. The number of aromatic nitrogens is 2. The number of amides is 3. The van der Waals surface area contributed by atoms with E-state index in [4.69, 9.17) is 9.52 Å². The summed E-state index contributed by atoms with van der Waals surface area (Å²) in [6.45, 7) is 7.24. The maximum absolute atomic E-state index is 14.4. The van der Waals surface area contributed by atoms with E-state index in [9.17, 15) is 14.7 Å². The van der Waals surface area contributed by atoms with Crippen LogP contribution in [0.4, 0.5) is 4.79 Å². The van der Waals surface area contributed by atoms with E-state index >= 15 is 0 Å². The first-order valence-electron chi connectivity index (χ1n) is 14.7. The lowest BCUT2D eigenvalue weighted by Crippen LogP contribution is -2.74. The summed E-state index contributed by atoms with van der Waals surface area (Å²) < 4.78 is 5.18. The molecule has 3 heterocycles. The Balaban J connectivity index is 1.71. The Kier molecular flexibility index (Phi) is 8.98. The number of urea groups is 1. The molecule has 5 rings (SSSR count). The van der Waals surface area contributed by atoms with Gasteiger partial charge >= 0.3 is 6.03 Å². The molecule has 3 amide bonds. The molecule has 3 atom stereocenters. The molecule has 3 unspecified atom stereocenters. The molecule has 42 heavy (non-hydrogen) atoms. The van der Waals surface area contributed by atoms with Crippen molar-refractivity contribution in [2.45, 2.75) is 57.7 Å². The highest BCUT2D eigenvalue weighted by atomic mass is 16.5. The molecular weight excluding hydrogens is 534 g/mol. The van der Waals surface area contributed by atoms with Gasteiger partial charge in [0.15, 0.2) is 17.5 Å². The van der Waals surface area contributed by atoms with Gasteiger partial charge in [0, 0.05) is 26.2 Å². The maximum Gasteiger partial charge on any atom is 0.328 e. The van der Waals surface area contributed by atoms with Crippen LogP contribution in [0.5, 0.6) is 0 Å². The number of carbonyl (C=O) groups is 2. The first-order chi connectivity index (χ1) is 20.5. The molecular formula is C31H39N7O4. The zero-order valence-corrected chi connectivity index (χ0v) is 24.5. The normalized spacial score (nSPS) is 21.2. The van der Waals surface area contributed by atoms with Crippen LogP contribution in [0.2, 0.25) is 0 Å². The molecule has 1 fully saturated rings. The highest BCUT2D eigenvalue weighted by Crippen LogP contribution is 2.44. The van der Waals surface area contributed by atoms with Crippen molar-refractivity contribution in [3.8, 4) is 0 Å². The minimum absolute atomic E-state index is 0.120. The third kappa shape index (κ3) is 5.18. The van der Waals surface area contributed by atoms with Crippen molar-refractivity contribution in [1.82, 2.24) is 30.0 Å². The van der Waals surface area contributed by atoms with Gasteiger partial charge < -0.3 is 9.63 Å². The van der Waals surface area contributed by atoms with E-state index in [1.165, 1.54) is 11.3 Å². The van der Waals surface area contributed by atoms with Crippen LogP contribution < -0.4 is 0 Å². The largest absolute Gasteiger partial charge is 0.395 e. The number of hydrogen-bond acceptors (Lipinski definition) is 9. The van der Waals surface area contributed by atoms with Gasteiger partial charge in [-0.25, -0.2) is 14.8 Å². The second-order valence-corrected chi connectivity index (χ2v) is 10.5. The molecule has 0 aliphatic carbocycles. The highest BCUT2D eigenvalue weighted by Gasteiger charge is 2.64. The van der Waals surface area contributed by atoms with Gasteiger partial charge in [-0.1, -0.05) is 86.6 Å². The Bertz CT molecular complexity index is 1370. The molecule has 1 saturated heterocycles. The van der Waals surface area contributed by atoms with Gasteiger partial charge in [0.05, 0.1) is 6.61 Å². The van der Waals surface area contributed by atoms with Crippen molar-refractivity contribution in [1.29, 1.82) is 0 Å². The lowest BCUT2D eigenvalue weighted by molar-refractivity contribution is -0.151. The second kappa shape index (κ2) is 12.8. The van der Waals surface area contributed by atoms with Crippen molar-refractivity contribution in [3.05, 3.63) is 84.0 Å². The third-order valence-corrected chi connectivity index (χ3v) is 8.14. The van der Waals surface area contributed by atoms with Crippen LogP contribution in [0, 0.1) is 0 Å². The lowest BCUT2D eigenvalue weighted by atomic mass is 9.91. The number of hydrogen-bond donors (Lipinski definition) is 1. The topological polar surface area (TPSA) is 119 Å². The predicted octanol–water partition coefficient (Wildman–Crippen LogP) is 3.54. The first-order valence-corrected chi connectivity index (χ1v) is 14.7. The summed E-state index contributed by atoms with van der Waals surface area (Å²) in [5.74, 6) is 0.0591. The van der Waals surface area contributed by atoms with Crippen LogP contribution in [-0.4, -0.2) is 97.3 Å². The quantitative estimate of drug-likeness (QED) is 0.330. The fourth-order valence-corrected chi connectivity index (χ4v) is 6.17. The van der Waals surface area contributed by atoms with Crippen LogP contribution in [0.1, 0.15) is 56.5 Å². The third-order valence-electron chi connectivity index (χ3n) is 8.14. The second-order valence-electron chi connectivity index (χ2n) is 10.5. The number of nitrogens with zero attached hydrogens (tertiary/aromatic N) is 7. The molecule has 0 bridgehead atoms. The van der Waals surface area contributed by atoms with E-state index in [-0.39, 0.29) is 25.1 Å². The SMILES string of the molecule is CCCN1C(=O)C2N(N(CC)CCO)C(C(c3ccccc3)c3ncon3)=NC2(CC)N(CCc2ccccc2)C1=O. The number of hydrazine groups is 1. The Morgan fingerprint density at radius 2 is 1.74 bits per heavy atom. The number of aliphatic hydroxyl groups is 1. The molecule has 0 spiro atoms. The maximum atomic E-state index is 14.4. The number of imide groups is 1. The van der Waals surface area contributed by atoms with Crippen LogP contribution in [0.3, 0.4) is 0 Å². The summed E-state index contributed by atoms with van der Waals surface area (Å²) in [6.07, 6.45) is 2.94. The van der Waals surface area contributed by atoms with E-state index in [0.29, 0.717) is 50.6 Å². The van der Waals surface area contributed by atoms with Crippen molar-refractivity contribution in [2.75, 3.05) is 32.8 Å². The number of amidine groups is 1. The van der Waals surface area contributed by atoms with Crippen LogP contribution in [0.25, 0.3) is 0 Å². The number of aliphatic imine (C=N–C) groups is 1. The van der Waals surface area contributed by atoms with Crippen LogP contribution in [-0.2, 0) is 11.2 Å². The van der Waals surface area contributed by atoms with Gasteiger partial charge in [-0.05, 0) is 30.4 Å². The summed E-state index contributed by atoms with van der Waals surface area (Å²) in [4.78, 5) is 41.5. The van der Waals surface area contributed by atoms with E-state index in [0.717, 1.165) is 11.1 Å². The van der Waals surface area contributed by atoms with Crippen molar-refractivity contribution < 1.29 is 19.2 Å². The van der Waals surface area contributed by atoms with Gasteiger partial charge in [0.2, 0.25) is 6.39 Å². The molecule has 3 aromatic rings. The van der Waals surface area contributed by atoms with Gasteiger partial charge in [0.25, 0.3) is 5.91 Å². The zero-order valence-electron chi connectivity index (χ0n) is 24.5. The first kappa shape index (κ1) is 29.4. The van der Waals surface area contributed by atoms with Gasteiger partial charge in [-0.3, -0.25) is 19.6 Å². The predicted molar refractivity (Wildman–Crippen MR) is 157 cm³/mol. The average Bonchev–Trinajstić information content (AvgIpc) is 3.67. The number of likely N-dealkylation sites (N-methyl/N-ethyl adjacent to an activating group) is 1. The van der Waals surface area contributed by atoms with E-state index < -0.39 is 17.6 Å². The zero-order chi connectivity index (χ0) is 29.7. The fraction of sp³-hybridized carbons (Fsp3) is 0.452. The Labute approximate surface area is 246 Å². The molecule has 11 heteroatoms. The summed E-state index contributed by atoms with van der Waals surface area (Å²) in [5, 5.41) is 18.1. The summed E-state index contributed by atoms with van der Waals surface area (Å²) in [5.41, 5.74) is 0.783. The number of benzene rings is 2. The molecule has 11 nitrogen and oxygen atoms in total. The standard InChI is InChI=1S/C31H39N7O4/c1-4-18-36-29(40)26-31(5-2,37(30(36)41)19-17-23-13-9-7-10-14-23)33-28(38(26)35(6-3)20-21-39)25(27-32-22-42-34-27)24-15-11-8-12-16-24/h7-16,22,25-26,39H,4-6,17-21H2,1-3H3. The number of carbonyl (C=O) groups excluding carboxylic acids is 2. The lowest BCUT2D eigenvalue weighted by Gasteiger charge is -2.51. The number of aliphatic hydroxyl groups excluding tert-OH is 1. The minimum Gasteiger partial charge on any atom is -0.395 e. The molecule has 2 aliphatic heterocycles. The average molecular weight is 574 g/mol. The Morgan fingerprint density at radius 1 is 1.02 bits per heavy atom. The van der Waals surface area contributed by atoms with Crippen molar-refractivity contribution in [2.24, 2.45) is 4.99 Å². The van der Waals surface area contributed by atoms with E-state index in [1.807, 2.05) is 91.5 Å². The molecule has 1 N–H and O–H groups in total. The van der Waals surface area contributed by atoms with Crippen molar-refractivity contribution >= 4 is 17.8 Å². The molecule has 2 aromatic carbocycles. The minimum atomic E-state index is -1.18. The van der Waals surface area contributed by atoms with Crippen LogP contribution >= 0.6 is 0 Å². The highest BCUT2D eigenvalue weighted by molar-refractivity contribution is 6.06. The number of fused-ring (bicyclic) bond motifs is 1. The summed E-state index contributed by atoms with van der Waals surface area (Å²) >= 11 is 0. The van der Waals surface area contributed by atoms with E-state index in [2.05, 4.69) is 10.1 Å². The van der Waals surface area contributed by atoms with Gasteiger partial charge in [-0.15, -0.1) is 0 Å². The Hall–Kier alpha value is -4.09. The number of rotatable bonds is 13. The van der Waals surface area contributed by atoms with Gasteiger partial charge in [0.1, 0.15) is 11.8 Å². The molecule has 1 aromatic heterocycles. The summed E-state index contributed by atoms with van der Waals surface area (Å²) in [6, 6.07) is 18.6. The monoisotopic (exact) mass is 573 g/mol. The molecule has 222 valence electrons. The fourth-order valence-electron chi connectivity index (χ4n) is 6.17. The summed E-state index contributed by atoms with van der Waals surface area (Å²) in [7, 11) is 0. The van der Waals surface area contributed by atoms with E-state index in [1.54, 1.807) is 4.90 Å². The van der Waals surface area contributed by atoms with Crippen LogP contribution in [0.15, 0.2) is 76.6 Å². The molecule has 0 radical (unpaired) electrons. The molecule has 2 aliphatic rings. The van der Waals surface area contributed by atoms with Crippen molar-refractivity contribution in [3.63, 3.8) is 0 Å².